The van der Waals surface area contributed by atoms with Gasteiger partial charge in [-0.15, -0.1) is 10.2 Å². The summed E-state index contributed by atoms with van der Waals surface area (Å²) in [5.74, 6) is 0.394. The van der Waals surface area contributed by atoms with Crippen LogP contribution >= 0.6 is 11.3 Å². The number of hydrogen-bond donors (Lipinski definition) is 2. The summed E-state index contributed by atoms with van der Waals surface area (Å²) >= 11 is 1.37. The molecule has 0 spiro atoms. The monoisotopic (exact) mass is 390 g/mol. The van der Waals surface area contributed by atoms with E-state index in [4.69, 9.17) is 4.74 Å². The first kappa shape index (κ1) is 20.8. The van der Waals surface area contributed by atoms with Gasteiger partial charge in [0.25, 0.3) is 5.91 Å². The fraction of sp³-hybridized carbons (Fsp3) is 0.474. The molecular weight excluding hydrogens is 364 g/mol. The number of hydrogen-bond acceptors (Lipinski definition) is 6. The standard InChI is InChI=1S/C19H26N4O3S/c1-5-13(6-2)18-22-23-19(27-18)21-16(24)11-20-17(25)14-7-9-15(10-8-14)26-12(3)4/h7-10,12-13H,5-6,11H2,1-4H3,(H,20,25)(H,21,23,24). The van der Waals surface area contributed by atoms with Gasteiger partial charge in [-0.2, -0.15) is 0 Å². The fourth-order valence-electron chi connectivity index (χ4n) is 2.47. The molecule has 0 aliphatic carbocycles. The molecule has 7 nitrogen and oxygen atoms in total. The Morgan fingerprint density at radius 3 is 2.37 bits per heavy atom. The number of nitrogens with zero attached hydrogens (tertiary/aromatic N) is 2. The van der Waals surface area contributed by atoms with Crippen molar-refractivity contribution in [2.45, 2.75) is 52.6 Å². The molecule has 0 atom stereocenters. The van der Waals surface area contributed by atoms with E-state index in [0.717, 1.165) is 17.8 Å². The van der Waals surface area contributed by atoms with Gasteiger partial charge in [0.1, 0.15) is 10.8 Å². The van der Waals surface area contributed by atoms with Gasteiger partial charge in [-0.25, -0.2) is 0 Å². The van der Waals surface area contributed by atoms with Crippen LogP contribution < -0.4 is 15.4 Å². The third kappa shape index (κ3) is 6.32. The molecule has 0 aliphatic rings. The van der Waals surface area contributed by atoms with Crippen molar-refractivity contribution in [3.8, 4) is 5.75 Å². The lowest BCUT2D eigenvalue weighted by atomic mass is 10.1. The average Bonchev–Trinajstić information content (AvgIpc) is 3.09. The molecule has 2 rings (SSSR count). The van der Waals surface area contributed by atoms with E-state index >= 15 is 0 Å². The maximum atomic E-state index is 12.1. The number of ether oxygens (including phenoxy) is 1. The predicted octanol–water partition coefficient (Wildman–Crippen LogP) is 3.60. The number of carbonyl (C=O) groups is 2. The number of aromatic nitrogens is 2. The summed E-state index contributed by atoms with van der Waals surface area (Å²) in [4.78, 5) is 24.2. The van der Waals surface area contributed by atoms with Crippen LogP contribution in [0.5, 0.6) is 5.75 Å². The van der Waals surface area contributed by atoms with Gasteiger partial charge in [0.05, 0.1) is 12.6 Å². The van der Waals surface area contributed by atoms with Gasteiger partial charge in [0, 0.05) is 11.5 Å². The molecule has 8 heteroatoms. The smallest absolute Gasteiger partial charge is 0.251 e. The van der Waals surface area contributed by atoms with Gasteiger partial charge in [0.15, 0.2) is 0 Å². The SMILES string of the molecule is CCC(CC)c1nnc(NC(=O)CNC(=O)c2ccc(OC(C)C)cc2)s1. The Bertz CT molecular complexity index is 755. The summed E-state index contributed by atoms with van der Waals surface area (Å²) in [7, 11) is 0. The zero-order valence-corrected chi connectivity index (χ0v) is 16.9. The van der Waals surface area contributed by atoms with Crippen LogP contribution in [0.2, 0.25) is 0 Å². The second-order valence-electron chi connectivity index (χ2n) is 6.38. The van der Waals surface area contributed by atoms with Crippen LogP contribution in [0.1, 0.15) is 61.8 Å². The summed E-state index contributed by atoms with van der Waals surface area (Å²) in [6.07, 6.45) is 2.03. The van der Waals surface area contributed by atoms with Crippen LogP contribution in [0, 0.1) is 0 Å². The number of carbonyl (C=O) groups excluding carboxylic acids is 2. The Kier molecular flexibility index (Phi) is 7.72. The highest BCUT2D eigenvalue weighted by Crippen LogP contribution is 2.27. The minimum Gasteiger partial charge on any atom is -0.491 e. The lowest BCUT2D eigenvalue weighted by Gasteiger charge is -2.10. The van der Waals surface area contributed by atoms with Crippen LogP contribution in [-0.4, -0.2) is 34.7 Å². The highest BCUT2D eigenvalue weighted by molar-refractivity contribution is 7.15. The number of amides is 2. The molecule has 2 amide bonds. The molecule has 0 saturated carbocycles. The first-order valence-electron chi connectivity index (χ1n) is 9.11. The van der Waals surface area contributed by atoms with Crippen molar-refractivity contribution in [1.29, 1.82) is 0 Å². The van der Waals surface area contributed by atoms with E-state index in [1.165, 1.54) is 11.3 Å². The van der Waals surface area contributed by atoms with Crippen molar-refractivity contribution in [1.82, 2.24) is 15.5 Å². The van der Waals surface area contributed by atoms with Crippen molar-refractivity contribution < 1.29 is 14.3 Å². The molecule has 0 bridgehead atoms. The van der Waals surface area contributed by atoms with E-state index in [0.29, 0.717) is 22.4 Å². The van der Waals surface area contributed by atoms with Crippen molar-refractivity contribution in [2.75, 3.05) is 11.9 Å². The molecule has 0 saturated heterocycles. The molecule has 146 valence electrons. The Balaban J connectivity index is 1.83. The average molecular weight is 391 g/mol. The lowest BCUT2D eigenvalue weighted by Crippen LogP contribution is -2.32. The highest BCUT2D eigenvalue weighted by Gasteiger charge is 2.15. The Morgan fingerprint density at radius 1 is 1.11 bits per heavy atom. The van der Waals surface area contributed by atoms with Gasteiger partial charge in [-0.3, -0.25) is 14.9 Å². The first-order valence-corrected chi connectivity index (χ1v) is 9.92. The van der Waals surface area contributed by atoms with E-state index in [9.17, 15) is 9.59 Å². The molecule has 0 unspecified atom stereocenters. The maximum absolute atomic E-state index is 12.1. The zero-order valence-electron chi connectivity index (χ0n) is 16.1. The topological polar surface area (TPSA) is 93.2 Å². The van der Waals surface area contributed by atoms with Crippen LogP contribution in [0.15, 0.2) is 24.3 Å². The minimum atomic E-state index is -0.338. The normalized spacial score (nSPS) is 10.9. The molecule has 0 aliphatic heterocycles. The molecule has 1 aromatic heterocycles. The Labute approximate surface area is 163 Å². The molecule has 0 radical (unpaired) electrons. The molecule has 27 heavy (non-hydrogen) atoms. The second kappa shape index (κ2) is 10.0. The van der Waals surface area contributed by atoms with Crippen LogP contribution in [0.25, 0.3) is 0 Å². The zero-order chi connectivity index (χ0) is 19.8. The van der Waals surface area contributed by atoms with E-state index in [1.807, 2.05) is 13.8 Å². The van der Waals surface area contributed by atoms with Crippen LogP contribution in [-0.2, 0) is 4.79 Å². The molecule has 2 N–H and O–H groups in total. The van der Waals surface area contributed by atoms with Crippen LogP contribution in [0.4, 0.5) is 5.13 Å². The first-order chi connectivity index (χ1) is 12.9. The van der Waals surface area contributed by atoms with E-state index in [1.54, 1.807) is 24.3 Å². The number of rotatable bonds is 9. The maximum Gasteiger partial charge on any atom is 0.251 e. The lowest BCUT2D eigenvalue weighted by molar-refractivity contribution is -0.115. The second-order valence-corrected chi connectivity index (χ2v) is 7.39. The summed E-state index contributed by atoms with van der Waals surface area (Å²) in [6.45, 7) is 7.94. The number of benzene rings is 1. The van der Waals surface area contributed by atoms with E-state index in [2.05, 4.69) is 34.7 Å². The molecule has 1 aromatic carbocycles. The molecule has 0 fully saturated rings. The number of nitrogens with one attached hydrogen (secondary N) is 2. The highest BCUT2D eigenvalue weighted by atomic mass is 32.1. The van der Waals surface area contributed by atoms with Crippen molar-refractivity contribution in [2.24, 2.45) is 0 Å². The summed E-state index contributed by atoms with van der Waals surface area (Å²) in [5, 5.41) is 14.8. The largest absolute Gasteiger partial charge is 0.491 e. The minimum absolute atomic E-state index is 0.0687. The predicted molar refractivity (Wildman–Crippen MR) is 106 cm³/mol. The third-order valence-corrected chi connectivity index (χ3v) is 4.92. The van der Waals surface area contributed by atoms with Gasteiger partial charge < -0.3 is 10.1 Å². The Morgan fingerprint density at radius 2 is 1.78 bits per heavy atom. The molecular formula is C19H26N4O3S. The van der Waals surface area contributed by atoms with E-state index in [-0.39, 0.29) is 24.5 Å². The summed E-state index contributed by atoms with van der Waals surface area (Å²) in [5.41, 5.74) is 0.464. The van der Waals surface area contributed by atoms with Gasteiger partial charge in [-0.05, 0) is 51.0 Å². The molecule has 2 aromatic rings. The van der Waals surface area contributed by atoms with Gasteiger partial charge >= 0.3 is 0 Å². The quantitative estimate of drug-likeness (QED) is 0.682. The fourth-order valence-corrected chi connectivity index (χ4v) is 3.50. The number of anilines is 1. The van der Waals surface area contributed by atoms with Gasteiger partial charge in [0.2, 0.25) is 11.0 Å². The van der Waals surface area contributed by atoms with Crippen molar-refractivity contribution in [3.63, 3.8) is 0 Å². The van der Waals surface area contributed by atoms with Crippen LogP contribution in [0.3, 0.4) is 0 Å². The van der Waals surface area contributed by atoms with Crippen molar-refractivity contribution in [3.05, 3.63) is 34.8 Å². The Hall–Kier alpha value is -2.48. The summed E-state index contributed by atoms with van der Waals surface area (Å²) < 4.78 is 5.54. The molecule has 1 heterocycles. The van der Waals surface area contributed by atoms with Gasteiger partial charge in [-0.1, -0.05) is 25.2 Å². The third-order valence-electron chi connectivity index (χ3n) is 3.92. The summed E-state index contributed by atoms with van der Waals surface area (Å²) in [6, 6.07) is 6.79. The van der Waals surface area contributed by atoms with E-state index < -0.39 is 0 Å². The van der Waals surface area contributed by atoms with Crippen molar-refractivity contribution >= 4 is 28.3 Å².